The van der Waals surface area contributed by atoms with Gasteiger partial charge in [-0.25, -0.2) is 9.78 Å². The zero-order valence-corrected chi connectivity index (χ0v) is 14.9. The molecule has 1 aromatic heterocycles. The van der Waals surface area contributed by atoms with Gasteiger partial charge in [0, 0.05) is 30.8 Å². The van der Waals surface area contributed by atoms with Gasteiger partial charge in [0.25, 0.3) is 5.91 Å². The standard InChI is InChI=1S/C17H16BrN3O4/c1-10(22)20-13-6-2-4-12(8-13)16(23)21-14(17(24)25)9-11-5-3-7-19-15(11)18/h2-8,14H,9H2,1H3,(H,20,22)(H,21,23)(H,24,25)/t14-/m1/s1. The molecule has 130 valence electrons. The second kappa shape index (κ2) is 8.39. The predicted octanol–water partition coefficient (Wildman–Crippen LogP) is 2.23. The molecule has 0 saturated carbocycles. The molecule has 1 atom stereocenters. The maximum atomic E-state index is 12.4. The molecule has 0 unspecified atom stereocenters. The van der Waals surface area contributed by atoms with E-state index in [2.05, 4.69) is 31.5 Å². The van der Waals surface area contributed by atoms with Gasteiger partial charge in [0.05, 0.1) is 0 Å². The number of benzene rings is 1. The molecule has 8 heteroatoms. The molecule has 1 heterocycles. The summed E-state index contributed by atoms with van der Waals surface area (Å²) in [6, 6.07) is 8.58. The lowest BCUT2D eigenvalue weighted by molar-refractivity contribution is -0.139. The number of carbonyl (C=O) groups is 3. The molecule has 0 bridgehead atoms. The van der Waals surface area contributed by atoms with Crippen LogP contribution in [0, 0.1) is 0 Å². The Bertz CT molecular complexity index is 810. The summed E-state index contributed by atoms with van der Waals surface area (Å²) in [4.78, 5) is 39.0. The normalized spacial score (nSPS) is 11.4. The fourth-order valence-corrected chi connectivity index (χ4v) is 2.59. The van der Waals surface area contributed by atoms with Gasteiger partial charge in [-0.2, -0.15) is 0 Å². The van der Waals surface area contributed by atoms with E-state index in [-0.39, 0.29) is 17.9 Å². The van der Waals surface area contributed by atoms with E-state index in [1.165, 1.54) is 13.0 Å². The number of carboxylic acid groups (broad SMARTS) is 1. The van der Waals surface area contributed by atoms with Crippen LogP contribution in [0.1, 0.15) is 22.8 Å². The van der Waals surface area contributed by atoms with Crippen LogP contribution < -0.4 is 10.6 Å². The second-order valence-corrected chi connectivity index (χ2v) is 6.03. The topological polar surface area (TPSA) is 108 Å². The Labute approximate surface area is 152 Å². The summed E-state index contributed by atoms with van der Waals surface area (Å²) < 4.78 is 0.531. The SMILES string of the molecule is CC(=O)Nc1cccc(C(=O)N[C@H](Cc2cccnc2Br)C(=O)O)c1. The lowest BCUT2D eigenvalue weighted by atomic mass is 10.1. The monoisotopic (exact) mass is 405 g/mol. The van der Waals surface area contributed by atoms with Gasteiger partial charge in [0.2, 0.25) is 5.91 Å². The average Bonchev–Trinajstić information content (AvgIpc) is 2.55. The molecular weight excluding hydrogens is 390 g/mol. The van der Waals surface area contributed by atoms with E-state index in [9.17, 15) is 19.5 Å². The maximum Gasteiger partial charge on any atom is 0.326 e. The van der Waals surface area contributed by atoms with Crippen LogP contribution in [0.2, 0.25) is 0 Å². The first-order valence-electron chi connectivity index (χ1n) is 7.37. The molecule has 7 nitrogen and oxygen atoms in total. The van der Waals surface area contributed by atoms with Crippen LogP contribution in [-0.4, -0.2) is 33.9 Å². The molecule has 2 amide bonds. The molecule has 0 spiro atoms. The van der Waals surface area contributed by atoms with E-state index >= 15 is 0 Å². The molecule has 25 heavy (non-hydrogen) atoms. The maximum absolute atomic E-state index is 12.4. The van der Waals surface area contributed by atoms with Crippen molar-refractivity contribution in [2.24, 2.45) is 0 Å². The summed E-state index contributed by atoms with van der Waals surface area (Å²) >= 11 is 3.26. The number of aromatic nitrogens is 1. The number of nitrogens with zero attached hydrogens (tertiary/aromatic N) is 1. The number of carbonyl (C=O) groups excluding carboxylic acids is 2. The van der Waals surface area contributed by atoms with Gasteiger partial charge < -0.3 is 15.7 Å². The smallest absolute Gasteiger partial charge is 0.326 e. The zero-order chi connectivity index (χ0) is 18.4. The van der Waals surface area contributed by atoms with Crippen molar-refractivity contribution in [3.63, 3.8) is 0 Å². The summed E-state index contributed by atoms with van der Waals surface area (Å²) in [5.41, 5.74) is 1.38. The fourth-order valence-electron chi connectivity index (χ4n) is 2.17. The quantitative estimate of drug-likeness (QED) is 0.638. The number of aliphatic carboxylic acids is 1. The van der Waals surface area contributed by atoms with Gasteiger partial charge in [0.15, 0.2) is 0 Å². The number of pyridine rings is 1. The molecule has 0 aliphatic carbocycles. The van der Waals surface area contributed by atoms with Crippen LogP contribution >= 0.6 is 15.9 Å². The van der Waals surface area contributed by atoms with Gasteiger partial charge in [0.1, 0.15) is 10.6 Å². The van der Waals surface area contributed by atoms with Crippen molar-refractivity contribution in [1.29, 1.82) is 0 Å². The Kier molecular flexibility index (Phi) is 6.24. The Hall–Kier alpha value is -2.74. The summed E-state index contributed by atoms with van der Waals surface area (Å²) in [5, 5.41) is 14.5. The summed E-state index contributed by atoms with van der Waals surface area (Å²) in [7, 11) is 0. The van der Waals surface area contributed by atoms with Crippen molar-refractivity contribution >= 4 is 39.4 Å². The fraction of sp³-hybridized carbons (Fsp3) is 0.176. The number of nitrogens with one attached hydrogen (secondary N) is 2. The third kappa shape index (κ3) is 5.39. The van der Waals surface area contributed by atoms with Crippen molar-refractivity contribution < 1.29 is 19.5 Å². The van der Waals surface area contributed by atoms with Gasteiger partial charge in [-0.15, -0.1) is 0 Å². The van der Waals surface area contributed by atoms with E-state index in [0.717, 1.165) is 0 Å². The molecule has 0 fully saturated rings. The van der Waals surface area contributed by atoms with Crippen molar-refractivity contribution in [2.75, 3.05) is 5.32 Å². The Morgan fingerprint density at radius 3 is 2.64 bits per heavy atom. The lowest BCUT2D eigenvalue weighted by Crippen LogP contribution is -2.42. The van der Waals surface area contributed by atoms with Crippen LogP contribution in [0.4, 0.5) is 5.69 Å². The first-order valence-corrected chi connectivity index (χ1v) is 8.17. The van der Waals surface area contributed by atoms with Crippen molar-refractivity contribution in [3.05, 3.63) is 58.3 Å². The number of halogens is 1. The molecule has 1 aromatic carbocycles. The van der Waals surface area contributed by atoms with Gasteiger partial charge in [-0.3, -0.25) is 9.59 Å². The van der Waals surface area contributed by atoms with Crippen molar-refractivity contribution in [2.45, 2.75) is 19.4 Å². The number of carboxylic acids is 1. The highest BCUT2D eigenvalue weighted by Gasteiger charge is 2.22. The minimum absolute atomic E-state index is 0.0842. The molecule has 0 aliphatic heterocycles. The Morgan fingerprint density at radius 2 is 2.00 bits per heavy atom. The highest BCUT2D eigenvalue weighted by Crippen LogP contribution is 2.15. The first-order chi connectivity index (χ1) is 11.9. The van der Waals surface area contributed by atoms with E-state index in [4.69, 9.17) is 0 Å². The summed E-state index contributed by atoms with van der Waals surface area (Å²) in [6.45, 7) is 1.36. The first kappa shape index (κ1) is 18.6. The van der Waals surface area contributed by atoms with E-state index in [1.54, 1.807) is 36.5 Å². The Balaban J connectivity index is 2.14. The highest BCUT2D eigenvalue weighted by molar-refractivity contribution is 9.10. The zero-order valence-electron chi connectivity index (χ0n) is 13.3. The third-order valence-electron chi connectivity index (χ3n) is 3.31. The van der Waals surface area contributed by atoms with Crippen LogP contribution in [0.15, 0.2) is 47.2 Å². The molecule has 2 rings (SSSR count). The molecule has 2 aromatic rings. The molecule has 0 saturated heterocycles. The Morgan fingerprint density at radius 1 is 1.24 bits per heavy atom. The lowest BCUT2D eigenvalue weighted by Gasteiger charge is -2.15. The number of amides is 2. The minimum Gasteiger partial charge on any atom is -0.480 e. The summed E-state index contributed by atoms with van der Waals surface area (Å²) in [6.07, 6.45) is 1.66. The van der Waals surface area contributed by atoms with Crippen LogP contribution in [0.3, 0.4) is 0 Å². The average molecular weight is 406 g/mol. The van der Waals surface area contributed by atoms with Crippen molar-refractivity contribution in [3.8, 4) is 0 Å². The van der Waals surface area contributed by atoms with E-state index in [1.807, 2.05) is 0 Å². The number of rotatable bonds is 6. The highest BCUT2D eigenvalue weighted by atomic mass is 79.9. The number of hydrogen-bond acceptors (Lipinski definition) is 4. The van der Waals surface area contributed by atoms with Crippen molar-refractivity contribution in [1.82, 2.24) is 10.3 Å². The predicted molar refractivity (Wildman–Crippen MR) is 95.3 cm³/mol. The minimum atomic E-state index is -1.15. The van der Waals surface area contributed by atoms with E-state index < -0.39 is 17.9 Å². The summed E-state index contributed by atoms with van der Waals surface area (Å²) in [5.74, 6) is -1.95. The second-order valence-electron chi connectivity index (χ2n) is 5.28. The number of anilines is 1. The third-order valence-corrected chi connectivity index (χ3v) is 4.02. The molecule has 3 N–H and O–H groups in total. The molecule has 0 radical (unpaired) electrons. The van der Waals surface area contributed by atoms with Crippen LogP contribution in [-0.2, 0) is 16.0 Å². The van der Waals surface area contributed by atoms with Crippen LogP contribution in [0.25, 0.3) is 0 Å². The molecule has 0 aliphatic rings. The largest absolute Gasteiger partial charge is 0.480 e. The van der Waals surface area contributed by atoms with Gasteiger partial charge >= 0.3 is 5.97 Å². The van der Waals surface area contributed by atoms with Gasteiger partial charge in [-0.05, 0) is 45.8 Å². The molecular formula is C17H16BrN3O4. The number of hydrogen-bond donors (Lipinski definition) is 3. The van der Waals surface area contributed by atoms with Gasteiger partial charge in [-0.1, -0.05) is 12.1 Å². The van der Waals surface area contributed by atoms with Crippen LogP contribution in [0.5, 0.6) is 0 Å². The van der Waals surface area contributed by atoms with E-state index in [0.29, 0.717) is 15.9 Å².